The molecule has 0 bridgehead atoms. The smallest absolute Gasteiger partial charge is 0.267 e. The lowest BCUT2D eigenvalue weighted by atomic mass is 10.1. The van der Waals surface area contributed by atoms with Crippen LogP contribution in [0, 0.1) is 6.92 Å². The zero-order chi connectivity index (χ0) is 24.0. The van der Waals surface area contributed by atoms with Crippen LogP contribution in [0.25, 0.3) is 27.6 Å². The molecule has 1 aromatic carbocycles. The molecule has 0 fully saturated rings. The van der Waals surface area contributed by atoms with E-state index in [4.69, 9.17) is 0 Å². The largest absolute Gasteiger partial charge is 0.338 e. The maximum Gasteiger partial charge on any atom is 0.267 e. The summed E-state index contributed by atoms with van der Waals surface area (Å²) >= 11 is 1.15. The first-order chi connectivity index (χ1) is 16.4. The maximum atomic E-state index is 12.9. The Bertz CT molecular complexity index is 1560. The fraction of sp³-hybridized carbons (Fsp3) is 0.364. The number of aromatic amines is 1. The lowest BCUT2D eigenvalue weighted by molar-refractivity contribution is 0.0779. The number of benzene rings is 1. The summed E-state index contributed by atoms with van der Waals surface area (Å²) in [6.45, 7) is 11.2. The molecule has 0 aliphatic rings. The Morgan fingerprint density at radius 1 is 1.18 bits per heavy atom. The molecule has 5 aromatic rings. The van der Waals surface area contributed by atoms with E-state index in [1.807, 2.05) is 39.0 Å². The van der Waals surface area contributed by atoms with Crippen LogP contribution in [-0.4, -0.2) is 58.3 Å². The number of H-pyrrole nitrogens is 1. The number of amides is 1. The number of carbonyl (C=O) groups excluding carboxylic acids is 1. The molecular weight excluding hydrogens is 452 g/mol. The summed E-state index contributed by atoms with van der Waals surface area (Å²) in [5.41, 5.74) is 4.56. The monoisotopic (exact) mass is 476 g/mol. The summed E-state index contributed by atoms with van der Waals surface area (Å²) in [7, 11) is 0. The zero-order valence-corrected chi connectivity index (χ0v) is 20.4. The zero-order valence-electron chi connectivity index (χ0n) is 19.6. The van der Waals surface area contributed by atoms with Crippen LogP contribution in [0.5, 0.6) is 0 Å². The van der Waals surface area contributed by atoms with Crippen LogP contribution in [0.4, 0.5) is 11.4 Å². The third kappa shape index (κ3) is 3.50. The molecule has 34 heavy (non-hydrogen) atoms. The molecule has 174 valence electrons. The Hall–Kier alpha value is -3.80. The van der Waals surface area contributed by atoms with E-state index in [0.29, 0.717) is 51.5 Å². The van der Waals surface area contributed by atoms with Crippen LogP contribution in [0.2, 0.25) is 0 Å². The number of azo groups is 1. The van der Waals surface area contributed by atoms with E-state index in [1.54, 1.807) is 9.42 Å². The summed E-state index contributed by atoms with van der Waals surface area (Å²) in [4.78, 5) is 15.1. The van der Waals surface area contributed by atoms with Gasteiger partial charge in [0.1, 0.15) is 15.9 Å². The minimum Gasteiger partial charge on any atom is -0.338 e. The minimum atomic E-state index is -0.0805. The Labute approximate surface area is 199 Å². The second-order valence-corrected chi connectivity index (χ2v) is 8.99. The number of nitrogens with one attached hydrogen (secondary N) is 1. The number of carbonyl (C=O) groups is 1. The van der Waals surface area contributed by atoms with Crippen LogP contribution in [0.15, 0.2) is 28.4 Å². The van der Waals surface area contributed by atoms with Crippen LogP contribution < -0.4 is 0 Å². The molecule has 0 saturated carbocycles. The van der Waals surface area contributed by atoms with Gasteiger partial charge in [-0.15, -0.1) is 15.3 Å². The fourth-order valence-corrected chi connectivity index (χ4v) is 4.66. The van der Waals surface area contributed by atoms with Crippen molar-refractivity contribution >= 4 is 56.4 Å². The van der Waals surface area contributed by atoms with E-state index in [9.17, 15) is 4.79 Å². The molecule has 5 rings (SSSR count). The summed E-state index contributed by atoms with van der Waals surface area (Å²) in [5, 5.41) is 30.2. The van der Waals surface area contributed by atoms with Crippen molar-refractivity contribution in [1.29, 1.82) is 0 Å². The molecule has 0 atom stereocenters. The van der Waals surface area contributed by atoms with E-state index in [-0.39, 0.29) is 11.8 Å². The highest BCUT2D eigenvalue weighted by molar-refractivity contribution is 7.09. The Balaban J connectivity index is 1.55. The third-order valence-corrected chi connectivity index (χ3v) is 6.53. The lowest BCUT2D eigenvalue weighted by Crippen LogP contribution is -2.30. The average molecular weight is 477 g/mol. The minimum absolute atomic E-state index is 0.0805. The first-order valence-corrected chi connectivity index (χ1v) is 11.9. The standard InChI is InChI=1S/C22H24N10OS/c1-6-31(7-2)22(33)19-18-17(30-34-19)14-10-13(8-9-15(14)24-26-18)23-25-16-12(5)29-32-20(11(3)4)27-28-21(16)32/h8-11,28H,6-7H2,1-5H3/b25-23+. The van der Waals surface area contributed by atoms with E-state index >= 15 is 0 Å². The molecule has 0 saturated heterocycles. The Morgan fingerprint density at radius 3 is 2.71 bits per heavy atom. The van der Waals surface area contributed by atoms with Crippen molar-refractivity contribution in [3.05, 3.63) is 34.6 Å². The summed E-state index contributed by atoms with van der Waals surface area (Å²) in [6, 6.07) is 5.52. The number of nitrogens with zero attached hydrogens (tertiary/aromatic N) is 9. The third-order valence-electron chi connectivity index (χ3n) is 5.71. The van der Waals surface area contributed by atoms with Gasteiger partial charge in [0.2, 0.25) is 0 Å². The van der Waals surface area contributed by atoms with E-state index < -0.39 is 0 Å². The molecule has 0 aliphatic carbocycles. The first kappa shape index (κ1) is 22.0. The fourth-order valence-electron chi connectivity index (χ4n) is 3.86. The summed E-state index contributed by atoms with van der Waals surface area (Å²) < 4.78 is 6.31. The average Bonchev–Trinajstić information content (AvgIpc) is 3.51. The van der Waals surface area contributed by atoms with E-state index in [2.05, 4.69) is 53.9 Å². The normalized spacial score (nSPS) is 12.2. The highest BCUT2D eigenvalue weighted by atomic mass is 32.1. The molecule has 0 radical (unpaired) electrons. The molecule has 4 heterocycles. The van der Waals surface area contributed by atoms with Crippen molar-refractivity contribution in [3.63, 3.8) is 0 Å². The van der Waals surface area contributed by atoms with Gasteiger partial charge in [0.05, 0.1) is 16.9 Å². The number of rotatable bonds is 6. The second-order valence-electron chi connectivity index (χ2n) is 8.22. The quantitative estimate of drug-likeness (QED) is 0.346. The van der Waals surface area contributed by atoms with Gasteiger partial charge in [-0.3, -0.25) is 9.89 Å². The van der Waals surface area contributed by atoms with Crippen molar-refractivity contribution < 1.29 is 4.79 Å². The van der Waals surface area contributed by atoms with Crippen LogP contribution in [-0.2, 0) is 0 Å². The van der Waals surface area contributed by atoms with Gasteiger partial charge in [0.25, 0.3) is 5.91 Å². The van der Waals surface area contributed by atoms with E-state index in [1.165, 1.54) is 0 Å². The topological polar surface area (TPSA) is 130 Å². The molecule has 1 amide bonds. The highest BCUT2D eigenvalue weighted by Crippen LogP contribution is 2.32. The van der Waals surface area contributed by atoms with Gasteiger partial charge in [0.15, 0.2) is 17.2 Å². The number of hydrogen-bond donors (Lipinski definition) is 1. The van der Waals surface area contributed by atoms with Gasteiger partial charge in [-0.05, 0) is 50.5 Å². The van der Waals surface area contributed by atoms with Crippen molar-refractivity contribution in [2.45, 2.75) is 40.5 Å². The predicted molar refractivity (Wildman–Crippen MR) is 130 cm³/mol. The number of fused-ring (bicyclic) bond motifs is 4. The lowest BCUT2D eigenvalue weighted by Gasteiger charge is -2.16. The Kier molecular flexibility index (Phi) is 5.52. The molecule has 12 heteroatoms. The van der Waals surface area contributed by atoms with Crippen molar-refractivity contribution in [2.24, 2.45) is 10.2 Å². The molecule has 0 spiro atoms. The molecule has 11 nitrogen and oxygen atoms in total. The van der Waals surface area contributed by atoms with Gasteiger partial charge in [-0.1, -0.05) is 13.8 Å². The van der Waals surface area contributed by atoms with Gasteiger partial charge in [0, 0.05) is 24.4 Å². The summed E-state index contributed by atoms with van der Waals surface area (Å²) in [6.07, 6.45) is 0. The molecular formula is C22H24N10OS. The molecule has 1 N–H and O–H groups in total. The highest BCUT2D eigenvalue weighted by Gasteiger charge is 2.22. The van der Waals surface area contributed by atoms with E-state index in [0.717, 1.165) is 28.4 Å². The second kappa shape index (κ2) is 8.52. The molecule has 0 aliphatic heterocycles. The van der Waals surface area contributed by atoms with Gasteiger partial charge in [-0.2, -0.15) is 24.2 Å². The first-order valence-electron chi connectivity index (χ1n) is 11.1. The van der Waals surface area contributed by atoms with Crippen molar-refractivity contribution in [1.82, 2.24) is 39.3 Å². The van der Waals surface area contributed by atoms with Crippen molar-refractivity contribution in [3.8, 4) is 0 Å². The summed E-state index contributed by atoms with van der Waals surface area (Å²) in [5.74, 6) is 0.978. The predicted octanol–water partition coefficient (Wildman–Crippen LogP) is 4.94. The number of aryl methyl sites for hydroxylation is 1. The Morgan fingerprint density at radius 2 is 1.97 bits per heavy atom. The van der Waals surface area contributed by atoms with Gasteiger partial charge in [-0.25, -0.2) is 0 Å². The molecule has 4 aromatic heterocycles. The molecule has 0 unspecified atom stereocenters. The van der Waals surface area contributed by atoms with Gasteiger partial charge >= 0.3 is 0 Å². The van der Waals surface area contributed by atoms with Crippen LogP contribution in [0.3, 0.4) is 0 Å². The number of aromatic nitrogens is 7. The number of hydrogen-bond acceptors (Lipinski definition) is 9. The SMILES string of the molecule is CCN(CC)C(=O)c1snc2c1nnc1ccc(/N=N/c3c(C)nn4c(C(C)C)n[nH]c34)cc12. The van der Waals surface area contributed by atoms with Crippen molar-refractivity contribution in [2.75, 3.05) is 13.1 Å². The maximum absolute atomic E-state index is 12.9. The van der Waals surface area contributed by atoms with Crippen LogP contribution in [0.1, 0.15) is 54.8 Å². The van der Waals surface area contributed by atoms with Gasteiger partial charge < -0.3 is 4.90 Å². The van der Waals surface area contributed by atoms with Crippen LogP contribution >= 0.6 is 11.5 Å².